The van der Waals surface area contributed by atoms with E-state index in [0.29, 0.717) is 112 Å². The van der Waals surface area contributed by atoms with Crippen molar-refractivity contribution in [3.63, 3.8) is 0 Å². The summed E-state index contributed by atoms with van der Waals surface area (Å²) in [4.78, 5) is 10.9. The van der Waals surface area contributed by atoms with Crippen LogP contribution in [0.5, 0.6) is 0 Å². The molecule has 0 fully saturated rings. The molecule has 0 aromatic carbocycles. The summed E-state index contributed by atoms with van der Waals surface area (Å²) in [7, 11) is 1.35. The van der Waals surface area contributed by atoms with Crippen molar-refractivity contribution in [1.82, 2.24) is 0 Å². The van der Waals surface area contributed by atoms with Crippen LogP contribution < -0.4 is 5.73 Å². The van der Waals surface area contributed by atoms with Gasteiger partial charge >= 0.3 is 5.97 Å². The van der Waals surface area contributed by atoms with E-state index in [1.807, 2.05) is 0 Å². The largest absolute Gasteiger partial charge is 0.469 e. The third-order valence-electron chi connectivity index (χ3n) is 3.54. The third kappa shape index (κ3) is 29.4. The van der Waals surface area contributed by atoms with E-state index >= 15 is 0 Å². The summed E-state index contributed by atoms with van der Waals surface area (Å²) in [6.07, 6.45) is 0.251. The van der Waals surface area contributed by atoms with Crippen LogP contribution in [0.15, 0.2) is 0 Å². The molecular formula is C20H42ClNO10. The minimum atomic E-state index is -0.282. The Morgan fingerprint density at radius 3 is 1.00 bits per heavy atom. The first-order valence-electron chi connectivity index (χ1n) is 10.7. The van der Waals surface area contributed by atoms with Crippen LogP contribution in [-0.2, 0) is 47.4 Å². The Balaban J connectivity index is 0. The summed E-state index contributed by atoms with van der Waals surface area (Å²) in [6, 6.07) is 0. The van der Waals surface area contributed by atoms with Crippen molar-refractivity contribution in [1.29, 1.82) is 0 Å². The zero-order valence-corrected chi connectivity index (χ0v) is 20.1. The van der Waals surface area contributed by atoms with Gasteiger partial charge in [0.05, 0.1) is 119 Å². The van der Waals surface area contributed by atoms with Crippen LogP contribution in [0.3, 0.4) is 0 Å². The van der Waals surface area contributed by atoms with Gasteiger partial charge in [-0.1, -0.05) is 0 Å². The fraction of sp³-hybridized carbons (Fsp3) is 0.950. The molecule has 0 bridgehead atoms. The van der Waals surface area contributed by atoms with Gasteiger partial charge in [0.25, 0.3) is 0 Å². The minimum absolute atomic E-state index is 0. The molecule has 0 aliphatic carbocycles. The Kier molecular flexibility index (Phi) is 31.9. The first-order chi connectivity index (χ1) is 15.3. The quantitative estimate of drug-likeness (QED) is 0.130. The van der Waals surface area contributed by atoms with Crippen LogP contribution in [0.2, 0.25) is 0 Å². The molecule has 2 N–H and O–H groups in total. The lowest BCUT2D eigenvalue weighted by molar-refractivity contribution is -0.141. The zero-order valence-electron chi connectivity index (χ0n) is 19.3. The molecule has 0 rings (SSSR count). The van der Waals surface area contributed by atoms with E-state index in [4.69, 9.17) is 43.6 Å². The molecule has 0 saturated carbocycles. The average Bonchev–Trinajstić information content (AvgIpc) is 2.78. The predicted molar refractivity (Wildman–Crippen MR) is 119 cm³/mol. The van der Waals surface area contributed by atoms with Gasteiger partial charge in [-0.05, 0) is 0 Å². The Hall–Kier alpha value is -0.600. The second-order valence-electron chi connectivity index (χ2n) is 6.01. The van der Waals surface area contributed by atoms with Crippen molar-refractivity contribution >= 4 is 18.4 Å². The maximum Gasteiger partial charge on any atom is 0.307 e. The van der Waals surface area contributed by atoms with Crippen molar-refractivity contribution in [2.45, 2.75) is 6.42 Å². The number of carbonyl (C=O) groups is 1. The number of esters is 1. The minimum Gasteiger partial charge on any atom is -0.469 e. The summed E-state index contributed by atoms with van der Waals surface area (Å²) in [5.74, 6) is -0.282. The van der Waals surface area contributed by atoms with Crippen molar-refractivity contribution in [3.05, 3.63) is 0 Å². The molecular weight excluding hydrogens is 450 g/mol. The summed E-state index contributed by atoms with van der Waals surface area (Å²) in [5, 5.41) is 0. The number of hydrogen-bond donors (Lipinski definition) is 1. The highest BCUT2D eigenvalue weighted by molar-refractivity contribution is 5.85. The molecule has 12 heteroatoms. The normalized spacial score (nSPS) is 10.8. The van der Waals surface area contributed by atoms with Crippen molar-refractivity contribution in [3.8, 4) is 0 Å². The SMILES string of the molecule is COC(=O)CCOCCOCCOCCOCCOCCOCCOCCOCCN.Cl. The van der Waals surface area contributed by atoms with E-state index < -0.39 is 0 Å². The van der Waals surface area contributed by atoms with Crippen LogP contribution in [0.4, 0.5) is 0 Å². The molecule has 0 atom stereocenters. The fourth-order valence-corrected chi connectivity index (χ4v) is 1.98. The van der Waals surface area contributed by atoms with Gasteiger partial charge in [-0.3, -0.25) is 4.79 Å². The lowest BCUT2D eigenvalue weighted by atomic mass is 10.5. The Morgan fingerprint density at radius 2 is 0.750 bits per heavy atom. The molecule has 194 valence electrons. The highest BCUT2D eigenvalue weighted by atomic mass is 35.5. The fourth-order valence-electron chi connectivity index (χ4n) is 1.98. The van der Waals surface area contributed by atoms with E-state index in [0.717, 1.165) is 0 Å². The first kappa shape index (κ1) is 33.6. The molecule has 0 amide bonds. The average molecular weight is 492 g/mol. The predicted octanol–water partition coefficient (Wildman–Crippen LogP) is 0.0628. The Labute approximate surface area is 197 Å². The number of ether oxygens (including phenoxy) is 9. The van der Waals surface area contributed by atoms with E-state index in [9.17, 15) is 4.79 Å². The molecule has 0 saturated heterocycles. The monoisotopic (exact) mass is 491 g/mol. The highest BCUT2D eigenvalue weighted by Gasteiger charge is 1.99. The molecule has 0 aromatic rings. The van der Waals surface area contributed by atoms with Gasteiger partial charge in [-0.15, -0.1) is 12.4 Å². The maximum atomic E-state index is 10.9. The van der Waals surface area contributed by atoms with E-state index in [-0.39, 0.29) is 24.8 Å². The van der Waals surface area contributed by atoms with E-state index in [1.165, 1.54) is 7.11 Å². The van der Waals surface area contributed by atoms with Crippen molar-refractivity contribution in [2.24, 2.45) is 5.73 Å². The van der Waals surface area contributed by atoms with Crippen LogP contribution in [0.1, 0.15) is 6.42 Å². The molecule has 0 aliphatic heterocycles. The molecule has 0 heterocycles. The van der Waals surface area contributed by atoms with E-state index in [1.54, 1.807) is 0 Å². The van der Waals surface area contributed by atoms with Crippen LogP contribution in [-0.4, -0.2) is 125 Å². The van der Waals surface area contributed by atoms with Gasteiger partial charge in [0.15, 0.2) is 0 Å². The van der Waals surface area contributed by atoms with Crippen molar-refractivity contribution in [2.75, 3.05) is 119 Å². The maximum absolute atomic E-state index is 10.9. The van der Waals surface area contributed by atoms with Gasteiger partial charge in [0.1, 0.15) is 0 Å². The molecule has 0 spiro atoms. The molecule has 0 aromatic heterocycles. The smallest absolute Gasteiger partial charge is 0.307 e. The highest BCUT2D eigenvalue weighted by Crippen LogP contribution is 1.88. The van der Waals surface area contributed by atoms with Crippen molar-refractivity contribution < 1.29 is 47.4 Å². The second kappa shape index (κ2) is 30.4. The lowest BCUT2D eigenvalue weighted by Gasteiger charge is -2.08. The van der Waals surface area contributed by atoms with Gasteiger partial charge in [-0.2, -0.15) is 0 Å². The van der Waals surface area contributed by atoms with Crippen LogP contribution >= 0.6 is 12.4 Å². The van der Waals surface area contributed by atoms with Gasteiger partial charge in [-0.25, -0.2) is 0 Å². The van der Waals surface area contributed by atoms with Crippen LogP contribution in [0, 0.1) is 0 Å². The summed E-state index contributed by atoms with van der Waals surface area (Å²) >= 11 is 0. The number of hydrogen-bond acceptors (Lipinski definition) is 11. The molecule has 0 radical (unpaired) electrons. The number of carbonyl (C=O) groups excluding carboxylic acids is 1. The molecule has 32 heavy (non-hydrogen) atoms. The molecule has 11 nitrogen and oxygen atoms in total. The summed E-state index contributed by atoms with van der Waals surface area (Å²) < 4.78 is 47.2. The number of rotatable bonds is 26. The Morgan fingerprint density at radius 1 is 0.500 bits per heavy atom. The summed E-state index contributed by atoms with van der Waals surface area (Å²) in [6.45, 7) is 8.50. The second-order valence-corrected chi connectivity index (χ2v) is 6.01. The molecule has 0 aliphatic rings. The molecule has 0 unspecified atom stereocenters. The first-order valence-corrected chi connectivity index (χ1v) is 10.7. The van der Waals surface area contributed by atoms with Gasteiger partial charge in [0, 0.05) is 6.54 Å². The Bertz CT molecular complexity index is 369. The zero-order chi connectivity index (χ0) is 22.7. The summed E-state index contributed by atoms with van der Waals surface area (Å²) in [5.41, 5.74) is 5.31. The van der Waals surface area contributed by atoms with Gasteiger partial charge in [0.2, 0.25) is 0 Å². The number of nitrogens with two attached hydrogens (primary N) is 1. The third-order valence-corrected chi connectivity index (χ3v) is 3.54. The lowest BCUT2D eigenvalue weighted by Crippen LogP contribution is -2.15. The van der Waals surface area contributed by atoms with Crippen LogP contribution in [0.25, 0.3) is 0 Å². The number of methoxy groups -OCH3 is 1. The topological polar surface area (TPSA) is 126 Å². The standard InChI is InChI=1S/C20H41NO10.ClH/c1-23-20(22)2-4-24-6-8-26-10-12-28-14-16-30-18-19-31-17-15-29-13-11-27-9-7-25-5-3-21;/h2-19,21H2,1H3;1H. The van der Waals surface area contributed by atoms with Gasteiger partial charge < -0.3 is 48.4 Å². The number of halogens is 1. The van der Waals surface area contributed by atoms with E-state index in [2.05, 4.69) is 4.74 Å².